The van der Waals surface area contributed by atoms with Crippen molar-refractivity contribution in [1.29, 1.82) is 0 Å². The predicted octanol–water partition coefficient (Wildman–Crippen LogP) is 2.20. The summed E-state index contributed by atoms with van der Waals surface area (Å²) in [6.07, 6.45) is 8.02. The summed E-state index contributed by atoms with van der Waals surface area (Å²) >= 11 is 0. The first-order chi connectivity index (χ1) is 17.3. The van der Waals surface area contributed by atoms with Crippen LogP contribution in [0.5, 0.6) is 0 Å². The second-order valence-corrected chi connectivity index (χ2v) is 8.31. The normalized spacial score (nSPS) is 11.2. The number of anilines is 2. The smallest absolute Gasteiger partial charge is 0.276 e. The molecule has 0 saturated heterocycles. The lowest BCUT2D eigenvalue weighted by atomic mass is 10.2. The molecule has 13 heteroatoms. The Labute approximate surface area is 205 Å². The van der Waals surface area contributed by atoms with Gasteiger partial charge in [-0.2, -0.15) is 20.4 Å². The molecule has 0 saturated carbocycles. The van der Waals surface area contributed by atoms with Gasteiger partial charge in [-0.1, -0.05) is 0 Å². The Morgan fingerprint density at radius 1 is 0.944 bits per heavy atom. The summed E-state index contributed by atoms with van der Waals surface area (Å²) in [6.45, 7) is 6.52. The Hall–Kier alpha value is -4.81. The lowest BCUT2D eigenvalue weighted by Crippen LogP contribution is -2.20. The van der Waals surface area contributed by atoms with E-state index in [9.17, 15) is 9.59 Å². The number of hydrogen-bond donors (Lipinski definition) is 2. The minimum absolute atomic E-state index is 0.194. The van der Waals surface area contributed by atoms with Crippen molar-refractivity contribution in [3.05, 3.63) is 59.7 Å². The molecule has 0 aliphatic carbocycles. The van der Waals surface area contributed by atoms with Gasteiger partial charge in [-0.3, -0.25) is 23.6 Å². The van der Waals surface area contributed by atoms with Crippen LogP contribution in [0.3, 0.4) is 0 Å². The quantitative estimate of drug-likeness (QED) is 0.374. The van der Waals surface area contributed by atoms with Gasteiger partial charge in [-0.25, -0.2) is 9.50 Å². The van der Waals surface area contributed by atoms with Gasteiger partial charge < -0.3 is 10.6 Å². The standard InChI is InChI=1S/C23H25N11O2/c1-6-33-12-16(13(2)30-33)19-7-8-24-21-15(9-27-34(19)21)22(35)29-18-11-26-32(5)20(18)23(36)28-17-10-25-31(4)14(17)3/h7-12H,6H2,1-5H3,(H,28,36)(H,29,35). The maximum Gasteiger partial charge on any atom is 0.276 e. The van der Waals surface area contributed by atoms with Crippen LogP contribution >= 0.6 is 0 Å². The minimum atomic E-state index is -0.463. The molecular formula is C23H25N11O2. The lowest BCUT2D eigenvalue weighted by Gasteiger charge is -2.08. The van der Waals surface area contributed by atoms with E-state index < -0.39 is 11.8 Å². The first-order valence-electron chi connectivity index (χ1n) is 11.3. The molecule has 2 N–H and O–H groups in total. The summed E-state index contributed by atoms with van der Waals surface area (Å²) in [5.74, 6) is -0.889. The third-order valence-corrected chi connectivity index (χ3v) is 6.08. The highest BCUT2D eigenvalue weighted by atomic mass is 16.2. The van der Waals surface area contributed by atoms with Gasteiger partial charge in [-0.15, -0.1) is 0 Å². The highest BCUT2D eigenvalue weighted by molar-refractivity contribution is 6.13. The van der Waals surface area contributed by atoms with Gasteiger partial charge in [0.05, 0.1) is 47.0 Å². The van der Waals surface area contributed by atoms with Crippen LogP contribution in [0.25, 0.3) is 16.9 Å². The first-order valence-corrected chi connectivity index (χ1v) is 11.3. The molecule has 5 rings (SSSR count). The molecule has 0 radical (unpaired) electrons. The van der Waals surface area contributed by atoms with Gasteiger partial charge in [0, 0.05) is 38.6 Å². The summed E-state index contributed by atoms with van der Waals surface area (Å²) in [6, 6.07) is 1.83. The van der Waals surface area contributed by atoms with Crippen molar-refractivity contribution in [3.63, 3.8) is 0 Å². The molecule has 0 fully saturated rings. The number of aryl methyl sites for hydroxylation is 4. The molecule has 0 aromatic carbocycles. The maximum absolute atomic E-state index is 13.3. The summed E-state index contributed by atoms with van der Waals surface area (Å²) in [4.78, 5) is 30.7. The van der Waals surface area contributed by atoms with Crippen molar-refractivity contribution in [1.82, 2.24) is 43.9 Å². The van der Waals surface area contributed by atoms with Crippen LogP contribution in [0.15, 0.2) is 37.1 Å². The monoisotopic (exact) mass is 487 g/mol. The van der Waals surface area contributed by atoms with Crippen LogP contribution in [0, 0.1) is 13.8 Å². The van der Waals surface area contributed by atoms with Crippen LogP contribution in [0.2, 0.25) is 0 Å². The number of nitrogens with one attached hydrogen (secondary N) is 2. The highest BCUT2D eigenvalue weighted by Gasteiger charge is 2.23. The molecule has 0 bridgehead atoms. The molecule has 0 aliphatic heterocycles. The molecule has 5 heterocycles. The van der Waals surface area contributed by atoms with Gasteiger partial charge in [0.15, 0.2) is 5.65 Å². The van der Waals surface area contributed by atoms with E-state index >= 15 is 0 Å². The van der Waals surface area contributed by atoms with Crippen molar-refractivity contribution < 1.29 is 9.59 Å². The number of hydrogen-bond acceptors (Lipinski definition) is 7. The fraction of sp³-hybridized carbons (Fsp3) is 0.261. The number of carbonyl (C=O) groups is 2. The Morgan fingerprint density at radius 3 is 2.36 bits per heavy atom. The van der Waals surface area contributed by atoms with Crippen molar-refractivity contribution in [2.45, 2.75) is 27.3 Å². The molecule has 2 amide bonds. The molecule has 36 heavy (non-hydrogen) atoms. The zero-order chi connectivity index (χ0) is 25.6. The number of carbonyl (C=O) groups excluding carboxylic acids is 2. The van der Waals surface area contributed by atoms with Gasteiger partial charge in [0.1, 0.15) is 11.3 Å². The highest BCUT2D eigenvalue weighted by Crippen LogP contribution is 2.25. The zero-order valence-electron chi connectivity index (χ0n) is 20.5. The third-order valence-electron chi connectivity index (χ3n) is 6.08. The summed E-state index contributed by atoms with van der Waals surface area (Å²) in [5.41, 5.74) is 4.98. The molecular weight excluding hydrogens is 462 g/mol. The summed E-state index contributed by atoms with van der Waals surface area (Å²) in [5, 5.41) is 22.8. The second kappa shape index (κ2) is 8.76. The van der Waals surface area contributed by atoms with E-state index in [4.69, 9.17) is 0 Å². The molecule has 184 valence electrons. The second-order valence-electron chi connectivity index (χ2n) is 8.31. The SMILES string of the molecule is CCn1cc(-c2ccnc3c(C(=O)Nc4cnn(C)c4C(=O)Nc4cnn(C)c4C)cnn23)c(C)n1. The molecule has 13 nitrogen and oxygen atoms in total. The Kier molecular flexibility index (Phi) is 5.59. The van der Waals surface area contributed by atoms with E-state index in [0.717, 1.165) is 29.2 Å². The number of nitrogens with zero attached hydrogens (tertiary/aromatic N) is 9. The van der Waals surface area contributed by atoms with Gasteiger partial charge in [0.25, 0.3) is 11.8 Å². The molecule has 5 aromatic rings. The maximum atomic E-state index is 13.3. The molecule has 0 spiro atoms. The van der Waals surface area contributed by atoms with E-state index in [-0.39, 0.29) is 16.9 Å². The Morgan fingerprint density at radius 2 is 1.67 bits per heavy atom. The largest absolute Gasteiger partial charge is 0.318 e. The molecule has 5 aromatic heterocycles. The van der Waals surface area contributed by atoms with E-state index in [0.29, 0.717) is 11.3 Å². The predicted molar refractivity (Wildman–Crippen MR) is 132 cm³/mol. The first kappa shape index (κ1) is 23.0. The molecule has 0 atom stereocenters. The van der Waals surface area contributed by atoms with E-state index in [1.807, 2.05) is 37.7 Å². The average molecular weight is 488 g/mol. The molecule has 0 unspecified atom stereocenters. The van der Waals surface area contributed by atoms with Gasteiger partial charge in [0.2, 0.25) is 0 Å². The van der Waals surface area contributed by atoms with Crippen molar-refractivity contribution in [3.8, 4) is 11.3 Å². The Bertz CT molecular complexity index is 1620. The van der Waals surface area contributed by atoms with Crippen LogP contribution in [-0.4, -0.2) is 55.8 Å². The van der Waals surface area contributed by atoms with Crippen molar-refractivity contribution in [2.24, 2.45) is 14.1 Å². The van der Waals surface area contributed by atoms with E-state index in [1.165, 1.54) is 17.1 Å². The Balaban J connectivity index is 1.44. The van der Waals surface area contributed by atoms with Crippen LogP contribution in [0.4, 0.5) is 11.4 Å². The average Bonchev–Trinajstić information content (AvgIpc) is 3.62. The number of rotatable bonds is 6. The van der Waals surface area contributed by atoms with Crippen molar-refractivity contribution in [2.75, 3.05) is 10.6 Å². The van der Waals surface area contributed by atoms with Crippen molar-refractivity contribution >= 4 is 28.8 Å². The number of amides is 2. The zero-order valence-corrected chi connectivity index (χ0v) is 20.5. The third kappa shape index (κ3) is 3.79. The lowest BCUT2D eigenvalue weighted by molar-refractivity contribution is 0.101. The fourth-order valence-corrected chi connectivity index (χ4v) is 3.98. The van der Waals surface area contributed by atoms with Crippen LogP contribution in [0.1, 0.15) is 39.2 Å². The topological polar surface area (TPSA) is 142 Å². The van der Waals surface area contributed by atoms with E-state index in [2.05, 4.69) is 36.0 Å². The van der Waals surface area contributed by atoms with E-state index in [1.54, 1.807) is 35.7 Å². The number of aromatic nitrogens is 9. The molecule has 0 aliphatic rings. The van der Waals surface area contributed by atoms with Gasteiger partial charge >= 0.3 is 0 Å². The summed E-state index contributed by atoms with van der Waals surface area (Å²) < 4.78 is 6.51. The van der Waals surface area contributed by atoms with Crippen LogP contribution in [-0.2, 0) is 20.6 Å². The number of fused-ring (bicyclic) bond motifs is 1. The fourth-order valence-electron chi connectivity index (χ4n) is 3.98. The minimum Gasteiger partial charge on any atom is -0.318 e. The van der Waals surface area contributed by atoms with Gasteiger partial charge in [-0.05, 0) is 26.8 Å². The van der Waals surface area contributed by atoms with Crippen LogP contribution < -0.4 is 10.6 Å². The summed E-state index contributed by atoms with van der Waals surface area (Å²) in [7, 11) is 3.41.